The summed E-state index contributed by atoms with van der Waals surface area (Å²) in [5.41, 5.74) is 18.4. The van der Waals surface area contributed by atoms with Gasteiger partial charge in [-0.3, -0.25) is 0 Å². The van der Waals surface area contributed by atoms with Crippen LogP contribution in [0.4, 0.5) is 11.4 Å². The van der Waals surface area contributed by atoms with Crippen LogP contribution < -0.4 is 4.90 Å². The first-order chi connectivity index (χ1) is 24.8. The number of benzene rings is 7. The molecule has 0 N–H and O–H groups in total. The standard InChI is InChI=1S/C47H32N2S/c1-3-11-30(12-4-1)31-19-22-33(23-20-31)48-29-40-38(28-39-44-25-26-45(50-44)47(39)46(40)37-16-8-9-17-41(37)48)32-21-24-36-35-15-7-10-18-42(35)49(43(36)27-32)34-13-5-2-6-14-34/h1-28,44-45H,29H2. The maximum Gasteiger partial charge on any atom is 0.0547 e. The van der Waals surface area contributed by atoms with Crippen LogP contribution in [0, 0.1) is 0 Å². The Morgan fingerprint density at radius 2 is 1.18 bits per heavy atom. The zero-order valence-electron chi connectivity index (χ0n) is 27.3. The molecule has 7 aromatic carbocycles. The lowest BCUT2D eigenvalue weighted by Gasteiger charge is -2.36. The minimum Gasteiger partial charge on any atom is -0.336 e. The molecule has 11 rings (SSSR count). The second kappa shape index (κ2) is 10.9. The lowest BCUT2D eigenvalue weighted by Crippen LogP contribution is -2.23. The Bertz CT molecular complexity index is 2650. The van der Waals surface area contributed by atoms with Gasteiger partial charge in [0.05, 0.1) is 11.0 Å². The summed E-state index contributed by atoms with van der Waals surface area (Å²) >= 11 is 2.08. The Morgan fingerprint density at radius 1 is 0.500 bits per heavy atom. The summed E-state index contributed by atoms with van der Waals surface area (Å²) in [5, 5.41) is 3.39. The van der Waals surface area contributed by atoms with E-state index in [0.29, 0.717) is 10.5 Å². The van der Waals surface area contributed by atoms with Crippen LogP contribution in [0.15, 0.2) is 170 Å². The summed E-state index contributed by atoms with van der Waals surface area (Å²) in [6, 6.07) is 58.1. The first-order valence-corrected chi connectivity index (χ1v) is 18.4. The number of para-hydroxylation sites is 3. The smallest absolute Gasteiger partial charge is 0.0547 e. The van der Waals surface area contributed by atoms with Crippen molar-refractivity contribution in [1.29, 1.82) is 0 Å². The van der Waals surface area contributed by atoms with Crippen molar-refractivity contribution < 1.29 is 0 Å². The zero-order chi connectivity index (χ0) is 32.8. The third kappa shape index (κ3) is 4.11. The maximum atomic E-state index is 2.54. The molecule has 236 valence electrons. The van der Waals surface area contributed by atoms with Gasteiger partial charge in [-0.2, -0.15) is 0 Å². The Morgan fingerprint density at radius 3 is 2.04 bits per heavy atom. The summed E-state index contributed by atoms with van der Waals surface area (Å²) in [4.78, 5) is 2.53. The van der Waals surface area contributed by atoms with Gasteiger partial charge < -0.3 is 9.47 Å². The summed E-state index contributed by atoms with van der Waals surface area (Å²) in [5.74, 6) is 0. The molecule has 0 amide bonds. The number of rotatable bonds is 4. The van der Waals surface area contributed by atoms with E-state index in [1.165, 1.54) is 88.9 Å². The van der Waals surface area contributed by atoms with Gasteiger partial charge in [0.2, 0.25) is 0 Å². The average molecular weight is 657 g/mol. The zero-order valence-corrected chi connectivity index (χ0v) is 28.1. The van der Waals surface area contributed by atoms with Gasteiger partial charge in [0.25, 0.3) is 0 Å². The Balaban J connectivity index is 1.14. The summed E-state index contributed by atoms with van der Waals surface area (Å²) in [6.45, 7) is 0.811. The number of fused-ring (bicyclic) bond motifs is 12. The van der Waals surface area contributed by atoms with Crippen LogP contribution in [0.25, 0.3) is 60.9 Å². The first-order valence-electron chi connectivity index (χ1n) is 17.4. The normalized spacial score (nSPS) is 16.9. The van der Waals surface area contributed by atoms with Gasteiger partial charge in [-0.05, 0) is 93.0 Å². The van der Waals surface area contributed by atoms with Crippen molar-refractivity contribution in [2.24, 2.45) is 0 Å². The van der Waals surface area contributed by atoms with E-state index in [2.05, 4.69) is 191 Å². The van der Waals surface area contributed by atoms with Gasteiger partial charge in [-0.1, -0.05) is 121 Å². The average Bonchev–Trinajstić information content (AvgIpc) is 3.90. The second-order valence-corrected chi connectivity index (χ2v) is 14.9. The van der Waals surface area contributed by atoms with E-state index >= 15 is 0 Å². The fourth-order valence-electron chi connectivity index (χ4n) is 8.68. The maximum absolute atomic E-state index is 2.54. The highest BCUT2D eigenvalue weighted by molar-refractivity contribution is 8.00. The molecule has 4 heterocycles. The van der Waals surface area contributed by atoms with Gasteiger partial charge in [-0.25, -0.2) is 0 Å². The number of hydrogen-bond donors (Lipinski definition) is 0. The fraction of sp³-hybridized carbons (Fsp3) is 0.0638. The van der Waals surface area contributed by atoms with Crippen molar-refractivity contribution in [2.45, 2.75) is 17.0 Å². The highest BCUT2D eigenvalue weighted by Crippen LogP contribution is 2.62. The summed E-state index contributed by atoms with van der Waals surface area (Å²) in [7, 11) is 0. The van der Waals surface area contributed by atoms with Gasteiger partial charge in [0.15, 0.2) is 0 Å². The molecule has 2 bridgehead atoms. The lowest BCUT2D eigenvalue weighted by atomic mass is 9.79. The van der Waals surface area contributed by atoms with Crippen LogP contribution in [-0.2, 0) is 6.54 Å². The van der Waals surface area contributed by atoms with E-state index in [9.17, 15) is 0 Å². The van der Waals surface area contributed by atoms with Crippen LogP contribution in [0.5, 0.6) is 0 Å². The molecule has 0 saturated heterocycles. The molecule has 0 saturated carbocycles. The number of aromatic nitrogens is 1. The quantitative estimate of drug-likeness (QED) is 0.174. The molecule has 2 nitrogen and oxygen atoms in total. The molecular formula is C47H32N2S. The number of hydrogen-bond acceptors (Lipinski definition) is 2. The Kier molecular flexibility index (Phi) is 6.11. The van der Waals surface area contributed by atoms with Crippen molar-refractivity contribution in [1.82, 2.24) is 4.57 Å². The van der Waals surface area contributed by atoms with Gasteiger partial charge in [0.1, 0.15) is 0 Å². The first kappa shape index (κ1) is 28.1. The molecular weight excluding hydrogens is 625 g/mol. The van der Waals surface area contributed by atoms with Crippen LogP contribution in [0.2, 0.25) is 0 Å². The highest BCUT2D eigenvalue weighted by atomic mass is 32.2. The number of anilines is 2. The molecule has 0 aliphatic carbocycles. The van der Waals surface area contributed by atoms with Crippen molar-refractivity contribution >= 4 is 44.9 Å². The van der Waals surface area contributed by atoms with E-state index < -0.39 is 0 Å². The topological polar surface area (TPSA) is 8.17 Å². The molecule has 2 unspecified atom stereocenters. The van der Waals surface area contributed by atoms with Crippen molar-refractivity contribution in [3.05, 3.63) is 187 Å². The van der Waals surface area contributed by atoms with E-state index in [0.717, 1.165) is 6.54 Å². The van der Waals surface area contributed by atoms with E-state index in [1.54, 1.807) is 0 Å². The predicted molar refractivity (Wildman–Crippen MR) is 212 cm³/mol. The minimum absolute atomic E-state index is 0.408. The third-order valence-corrected chi connectivity index (χ3v) is 12.3. The molecule has 3 heteroatoms. The fourth-order valence-corrected chi connectivity index (χ4v) is 10.1. The lowest BCUT2D eigenvalue weighted by molar-refractivity contribution is 0.952. The minimum atomic E-state index is 0.408. The van der Waals surface area contributed by atoms with E-state index in [1.807, 2.05) is 0 Å². The number of nitrogens with zero attached hydrogens (tertiary/aromatic N) is 2. The molecule has 0 fully saturated rings. The third-order valence-electron chi connectivity index (χ3n) is 10.9. The van der Waals surface area contributed by atoms with Crippen LogP contribution in [0.3, 0.4) is 0 Å². The second-order valence-electron chi connectivity index (χ2n) is 13.6. The van der Waals surface area contributed by atoms with Crippen LogP contribution in [0.1, 0.15) is 27.2 Å². The Labute approximate surface area is 295 Å². The van der Waals surface area contributed by atoms with Crippen LogP contribution >= 0.6 is 11.8 Å². The van der Waals surface area contributed by atoms with Gasteiger partial charge in [-0.15, -0.1) is 11.8 Å². The van der Waals surface area contributed by atoms with Crippen molar-refractivity contribution in [3.63, 3.8) is 0 Å². The van der Waals surface area contributed by atoms with Crippen molar-refractivity contribution in [2.75, 3.05) is 4.90 Å². The van der Waals surface area contributed by atoms with Gasteiger partial charge in [0, 0.05) is 50.4 Å². The summed E-state index contributed by atoms with van der Waals surface area (Å²) in [6.07, 6.45) is 4.85. The molecule has 0 radical (unpaired) electrons. The molecule has 3 aliphatic heterocycles. The van der Waals surface area contributed by atoms with Crippen LogP contribution in [-0.4, -0.2) is 4.57 Å². The van der Waals surface area contributed by atoms with E-state index in [-0.39, 0.29) is 0 Å². The van der Waals surface area contributed by atoms with E-state index in [4.69, 9.17) is 0 Å². The van der Waals surface area contributed by atoms with Gasteiger partial charge >= 0.3 is 0 Å². The molecule has 2 atom stereocenters. The number of thioether (sulfide) groups is 1. The van der Waals surface area contributed by atoms with Crippen molar-refractivity contribution in [3.8, 4) is 39.1 Å². The summed E-state index contributed by atoms with van der Waals surface area (Å²) < 4.78 is 2.43. The SMILES string of the molecule is C1=CC2SC1c1cc(-c3ccc4c5ccccc5n(-c5ccccc5)c4c3)c3c(c12)-c1ccccc1N(c1ccc(-c2ccccc2)cc1)C3. The highest BCUT2D eigenvalue weighted by Gasteiger charge is 2.40. The molecule has 50 heavy (non-hydrogen) atoms. The Hall–Kier alpha value is -5.77. The molecule has 3 aliphatic rings. The largest absolute Gasteiger partial charge is 0.336 e. The predicted octanol–water partition coefficient (Wildman–Crippen LogP) is 12.8. The monoisotopic (exact) mass is 656 g/mol. The molecule has 1 aromatic heterocycles. The molecule has 0 spiro atoms. The molecule has 8 aromatic rings.